The molecule has 0 radical (unpaired) electrons. The molecule has 1 aromatic heterocycles. The molecule has 3 nitrogen and oxygen atoms in total. The summed E-state index contributed by atoms with van der Waals surface area (Å²) in [5.74, 6) is 0. The van der Waals surface area contributed by atoms with Gasteiger partial charge in [-0.1, -0.05) is 18.0 Å². The molecule has 3 unspecified atom stereocenters. The maximum Gasteiger partial charge on any atom is 0.151 e. The summed E-state index contributed by atoms with van der Waals surface area (Å²) in [6, 6.07) is 4.09. The van der Waals surface area contributed by atoms with Crippen LogP contribution in [0.2, 0.25) is 4.34 Å². The Bertz CT molecular complexity index is 512. The zero-order chi connectivity index (χ0) is 13.3. The normalized spacial score (nSPS) is 26.4. The van der Waals surface area contributed by atoms with Gasteiger partial charge in [0.2, 0.25) is 0 Å². The van der Waals surface area contributed by atoms with Gasteiger partial charge in [0, 0.05) is 23.2 Å². The number of thiophene rings is 1. The average molecular weight is 308 g/mol. The Morgan fingerprint density at radius 3 is 2.72 bits per heavy atom. The minimum atomic E-state index is -2.96. The van der Waals surface area contributed by atoms with Crippen LogP contribution in [0.15, 0.2) is 12.1 Å². The lowest BCUT2D eigenvalue weighted by molar-refractivity contribution is 0.459. The Morgan fingerprint density at radius 1 is 1.44 bits per heavy atom. The van der Waals surface area contributed by atoms with Crippen LogP contribution in [0, 0.1) is 0 Å². The predicted molar refractivity (Wildman–Crippen MR) is 77.2 cm³/mol. The molecule has 3 atom stereocenters. The molecule has 102 valence electrons. The molecule has 0 aromatic carbocycles. The van der Waals surface area contributed by atoms with Crippen LogP contribution in [0.1, 0.15) is 37.1 Å². The van der Waals surface area contributed by atoms with E-state index in [1.54, 1.807) is 11.3 Å². The van der Waals surface area contributed by atoms with E-state index in [4.69, 9.17) is 11.6 Å². The first-order chi connectivity index (χ1) is 8.38. The van der Waals surface area contributed by atoms with E-state index < -0.39 is 9.84 Å². The van der Waals surface area contributed by atoms with Gasteiger partial charge >= 0.3 is 0 Å². The van der Waals surface area contributed by atoms with Gasteiger partial charge in [0.1, 0.15) is 0 Å². The van der Waals surface area contributed by atoms with E-state index in [1.807, 2.05) is 12.1 Å². The lowest BCUT2D eigenvalue weighted by Gasteiger charge is -2.23. The van der Waals surface area contributed by atoms with Crippen LogP contribution in [0.4, 0.5) is 0 Å². The maximum absolute atomic E-state index is 11.7. The van der Waals surface area contributed by atoms with E-state index in [9.17, 15) is 8.42 Å². The number of halogens is 1. The van der Waals surface area contributed by atoms with Crippen LogP contribution in [-0.2, 0) is 9.84 Å². The molecule has 0 bridgehead atoms. The second kappa shape index (κ2) is 5.49. The van der Waals surface area contributed by atoms with E-state index in [0.717, 1.165) is 28.5 Å². The van der Waals surface area contributed by atoms with Crippen LogP contribution in [-0.4, -0.2) is 26.0 Å². The van der Waals surface area contributed by atoms with Crippen LogP contribution >= 0.6 is 22.9 Å². The van der Waals surface area contributed by atoms with Gasteiger partial charge in [-0.15, -0.1) is 11.3 Å². The second-order valence-electron chi connectivity index (χ2n) is 4.94. The summed E-state index contributed by atoms with van der Waals surface area (Å²) in [4.78, 5) is 1.15. The van der Waals surface area contributed by atoms with Gasteiger partial charge in [-0.25, -0.2) is 8.42 Å². The van der Waals surface area contributed by atoms with Crippen LogP contribution in [0.5, 0.6) is 0 Å². The topological polar surface area (TPSA) is 46.2 Å². The van der Waals surface area contributed by atoms with Gasteiger partial charge in [0.05, 0.1) is 9.59 Å². The maximum atomic E-state index is 11.7. The molecule has 1 aromatic rings. The number of nitrogens with one attached hydrogen (secondary N) is 1. The van der Waals surface area contributed by atoms with E-state index >= 15 is 0 Å². The zero-order valence-electron chi connectivity index (χ0n) is 10.5. The Kier molecular flexibility index (Phi) is 4.36. The fraction of sp³-hybridized carbons (Fsp3) is 0.667. The number of sulfone groups is 1. The molecular formula is C12H18ClNO2S2. The molecule has 0 amide bonds. The Labute approximate surface area is 117 Å². The highest BCUT2D eigenvalue weighted by molar-refractivity contribution is 7.91. The largest absolute Gasteiger partial charge is 0.305 e. The van der Waals surface area contributed by atoms with Crippen molar-refractivity contribution in [2.75, 3.05) is 6.26 Å². The highest BCUT2D eigenvalue weighted by atomic mass is 35.5. The first-order valence-corrected chi connectivity index (χ1v) is 9.23. The molecule has 1 fully saturated rings. The monoisotopic (exact) mass is 307 g/mol. The smallest absolute Gasteiger partial charge is 0.151 e. The molecule has 0 aliphatic heterocycles. The third-order valence-electron chi connectivity index (χ3n) is 3.49. The number of rotatable bonds is 4. The predicted octanol–water partition coefficient (Wildman–Crippen LogP) is 3.02. The van der Waals surface area contributed by atoms with Crippen molar-refractivity contribution in [3.63, 3.8) is 0 Å². The minimum Gasteiger partial charge on any atom is -0.305 e. The van der Waals surface area contributed by atoms with Gasteiger partial charge in [-0.3, -0.25) is 0 Å². The lowest BCUT2D eigenvalue weighted by Crippen LogP contribution is -2.40. The molecule has 1 N–H and O–H groups in total. The van der Waals surface area contributed by atoms with Crippen molar-refractivity contribution in [3.8, 4) is 0 Å². The molecule has 1 saturated carbocycles. The Balaban J connectivity index is 2.05. The Hall–Kier alpha value is -0.100. The molecular weight excluding hydrogens is 290 g/mol. The van der Waals surface area contributed by atoms with Crippen LogP contribution < -0.4 is 5.32 Å². The van der Waals surface area contributed by atoms with Gasteiger partial charge in [-0.05, 0) is 31.9 Å². The summed E-state index contributed by atoms with van der Waals surface area (Å²) < 4.78 is 24.2. The molecule has 2 rings (SSSR count). The van der Waals surface area contributed by atoms with Crippen molar-refractivity contribution in [2.24, 2.45) is 0 Å². The SMILES string of the molecule is CC(NC1CCCC1S(C)(=O)=O)c1ccc(Cl)s1. The first kappa shape index (κ1) is 14.3. The molecule has 0 saturated heterocycles. The molecule has 0 spiro atoms. The van der Waals surface area contributed by atoms with Crippen molar-refractivity contribution < 1.29 is 8.42 Å². The fourth-order valence-corrected chi connectivity index (χ4v) is 5.07. The standard InChI is InChI=1S/C12H18ClNO2S2/c1-8(10-6-7-12(13)17-10)14-9-4-3-5-11(9)18(2,15)16/h6-9,11,14H,3-5H2,1-2H3. The third kappa shape index (κ3) is 3.26. The van der Waals surface area contributed by atoms with Crippen molar-refractivity contribution >= 4 is 32.8 Å². The summed E-state index contributed by atoms with van der Waals surface area (Å²) >= 11 is 7.46. The van der Waals surface area contributed by atoms with Crippen LogP contribution in [0.25, 0.3) is 0 Å². The Morgan fingerprint density at radius 2 is 2.17 bits per heavy atom. The van der Waals surface area contributed by atoms with E-state index in [2.05, 4.69) is 12.2 Å². The van der Waals surface area contributed by atoms with Crippen molar-refractivity contribution in [2.45, 2.75) is 43.5 Å². The van der Waals surface area contributed by atoms with E-state index in [0.29, 0.717) is 0 Å². The number of hydrogen-bond donors (Lipinski definition) is 1. The minimum absolute atomic E-state index is 0.0656. The highest BCUT2D eigenvalue weighted by Gasteiger charge is 2.35. The first-order valence-electron chi connectivity index (χ1n) is 6.08. The number of hydrogen-bond acceptors (Lipinski definition) is 4. The average Bonchev–Trinajstić information content (AvgIpc) is 2.85. The summed E-state index contributed by atoms with van der Waals surface area (Å²) in [5.41, 5.74) is 0. The van der Waals surface area contributed by atoms with Gasteiger partial charge < -0.3 is 5.32 Å². The third-order valence-corrected chi connectivity index (χ3v) is 6.57. The van der Waals surface area contributed by atoms with Gasteiger partial charge in [-0.2, -0.15) is 0 Å². The second-order valence-corrected chi connectivity index (χ2v) is 8.95. The molecule has 6 heteroatoms. The van der Waals surface area contributed by atoms with Crippen molar-refractivity contribution in [1.29, 1.82) is 0 Å². The molecule has 1 aliphatic rings. The van der Waals surface area contributed by atoms with E-state index in [1.165, 1.54) is 6.26 Å². The zero-order valence-corrected chi connectivity index (χ0v) is 12.9. The fourth-order valence-electron chi connectivity index (χ4n) is 2.59. The molecule has 1 aliphatic carbocycles. The van der Waals surface area contributed by atoms with Crippen molar-refractivity contribution in [1.82, 2.24) is 5.32 Å². The van der Waals surface area contributed by atoms with E-state index in [-0.39, 0.29) is 17.3 Å². The molecule has 1 heterocycles. The van der Waals surface area contributed by atoms with Crippen LogP contribution in [0.3, 0.4) is 0 Å². The van der Waals surface area contributed by atoms with Gasteiger partial charge in [0.25, 0.3) is 0 Å². The summed E-state index contributed by atoms with van der Waals surface area (Å²) in [6.45, 7) is 2.06. The molecule has 18 heavy (non-hydrogen) atoms. The van der Waals surface area contributed by atoms with Crippen molar-refractivity contribution in [3.05, 3.63) is 21.3 Å². The quantitative estimate of drug-likeness (QED) is 0.930. The van der Waals surface area contributed by atoms with Gasteiger partial charge in [0.15, 0.2) is 9.84 Å². The summed E-state index contributed by atoms with van der Waals surface area (Å²) in [5, 5.41) is 3.20. The summed E-state index contributed by atoms with van der Waals surface area (Å²) in [6.07, 6.45) is 4.02. The highest BCUT2D eigenvalue weighted by Crippen LogP contribution is 2.30. The lowest BCUT2D eigenvalue weighted by atomic mass is 10.2. The summed E-state index contributed by atoms with van der Waals surface area (Å²) in [7, 11) is -2.96.